The highest BCUT2D eigenvalue weighted by Gasteiger charge is 2.18. The molecule has 126 valence electrons. The van der Waals surface area contributed by atoms with Gasteiger partial charge in [-0.1, -0.05) is 79.4 Å². The third-order valence-corrected chi connectivity index (χ3v) is 4.51. The van der Waals surface area contributed by atoms with Gasteiger partial charge in [-0.25, -0.2) is 0 Å². The molecular weight excluding hydrogens is 268 g/mol. The molecule has 1 unspecified atom stereocenters. The molecule has 0 aliphatic heterocycles. The molecule has 1 heteroatoms. The van der Waals surface area contributed by atoms with Crippen molar-refractivity contribution in [3.63, 3.8) is 0 Å². The molecule has 0 fully saturated rings. The van der Waals surface area contributed by atoms with E-state index in [2.05, 4.69) is 53.7 Å². The Hall–Kier alpha value is -0.980. The first-order chi connectivity index (χ1) is 10.2. The van der Waals surface area contributed by atoms with E-state index in [1.807, 2.05) is 6.07 Å². The van der Waals surface area contributed by atoms with Crippen LogP contribution in [0.3, 0.4) is 0 Å². The molecule has 0 radical (unpaired) electrons. The Labute approximate surface area is 138 Å². The molecule has 22 heavy (non-hydrogen) atoms. The topological polar surface area (TPSA) is 20.2 Å². The van der Waals surface area contributed by atoms with Crippen LogP contribution in [0.5, 0.6) is 5.75 Å². The molecule has 1 N–H and O–H groups in total. The average molecular weight is 305 g/mol. The Morgan fingerprint density at radius 1 is 0.955 bits per heavy atom. The van der Waals surface area contributed by atoms with Crippen LogP contribution in [0.1, 0.15) is 84.8 Å². The van der Waals surface area contributed by atoms with Crippen molar-refractivity contribution in [1.29, 1.82) is 0 Å². The summed E-state index contributed by atoms with van der Waals surface area (Å²) < 4.78 is 0. The number of benzene rings is 1. The zero-order chi connectivity index (χ0) is 16.8. The molecule has 1 nitrogen and oxygen atoms in total. The second-order valence-corrected chi connectivity index (χ2v) is 8.42. The summed E-state index contributed by atoms with van der Waals surface area (Å²) in [7, 11) is 0. The molecule has 0 heterocycles. The van der Waals surface area contributed by atoms with Crippen LogP contribution in [-0.2, 0) is 11.8 Å². The number of aromatic hydroxyl groups is 1. The van der Waals surface area contributed by atoms with Gasteiger partial charge in [0.2, 0.25) is 0 Å². The Morgan fingerprint density at radius 3 is 2.18 bits per heavy atom. The molecule has 0 saturated heterocycles. The van der Waals surface area contributed by atoms with Crippen molar-refractivity contribution >= 4 is 0 Å². The molecule has 0 bridgehead atoms. The highest BCUT2D eigenvalue weighted by molar-refractivity contribution is 5.40. The van der Waals surface area contributed by atoms with E-state index in [4.69, 9.17) is 0 Å². The predicted molar refractivity (Wildman–Crippen MR) is 97.6 cm³/mol. The van der Waals surface area contributed by atoms with Gasteiger partial charge in [-0.3, -0.25) is 0 Å². The number of rotatable bonds is 8. The van der Waals surface area contributed by atoms with Crippen molar-refractivity contribution in [1.82, 2.24) is 0 Å². The molecule has 0 aliphatic rings. The lowest BCUT2D eigenvalue weighted by atomic mass is 9.84. The van der Waals surface area contributed by atoms with E-state index in [9.17, 15) is 5.11 Å². The van der Waals surface area contributed by atoms with E-state index in [-0.39, 0.29) is 5.41 Å². The molecule has 1 aromatic carbocycles. The zero-order valence-electron chi connectivity index (χ0n) is 15.6. The third kappa shape index (κ3) is 6.85. The van der Waals surface area contributed by atoms with Crippen molar-refractivity contribution in [3.8, 4) is 5.75 Å². The average Bonchev–Trinajstić information content (AvgIpc) is 2.39. The minimum atomic E-state index is 0.00420. The summed E-state index contributed by atoms with van der Waals surface area (Å²) in [4.78, 5) is 0. The van der Waals surface area contributed by atoms with E-state index in [1.165, 1.54) is 37.7 Å². The van der Waals surface area contributed by atoms with Crippen LogP contribution in [0.2, 0.25) is 0 Å². The van der Waals surface area contributed by atoms with Gasteiger partial charge in [0.25, 0.3) is 0 Å². The summed E-state index contributed by atoms with van der Waals surface area (Å²) >= 11 is 0. The summed E-state index contributed by atoms with van der Waals surface area (Å²) in [5, 5.41) is 10.0. The Morgan fingerprint density at radius 2 is 1.59 bits per heavy atom. The van der Waals surface area contributed by atoms with Gasteiger partial charge in [0, 0.05) is 0 Å². The molecule has 1 aromatic rings. The maximum atomic E-state index is 10.0. The van der Waals surface area contributed by atoms with Gasteiger partial charge in [0.15, 0.2) is 0 Å². The fourth-order valence-corrected chi connectivity index (χ4v) is 3.01. The number of phenolic OH excluding ortho intramolecular Hbond substituents is 1. The monoisotopic (exact) mass is 304 g/mol. The van der Waals surface area contributed by atoms with Crippen LogP contribution in [-0.4, -0.2) is 5.11 Å². The summed E-state index contributed by atoms with van der Waals surface area (Å²) in [6.45, 7) is 13.5. The van der Waals surface area contributed by atoms with Crippen LogP contribution in [0.25, 0.3) is 0 Å². The molecular formula is C21H36O. The van der Waals surface area contributed by atoms with Crippen LogP contribution < -0.4 is 0 Å². The molecule has 0 spiro atoms. The van der Waals surface area contributed by atoms with Crippen LogP contribution >= 0.6 is 0 Å². The van der Waals surface area contributed by atoms with Crippen LogP contribution in [0, 0.1) is 11.8 Å². The molecule has 1 rings (SSSR count). The molecule has 1 atom stereocenters. The molecule has 0 amide bonds. The number of hydrogen-bond acceptors (Lipinski definition) is 1. The Kier molecular flexibility index (Phi) is 7.45. The Balaban J connectivity index is 2.42. The van der Waals surface area contributed by atoms with Crippen molar-refractivity contribution in [2.75, 3.05) is 0 Å². The lowest BCUT2D eigenvalue weighted by molar-refractivity contribution is 0.426. The van der Waals surface area contributed by atoms with Gasteiger partial charge in [-0.15, -0.1) is 0 Å². The van der Waals surface area contributed by atoms with E-state index >= 15 is 0 Å². The van der Waals surface area contributed by atoms with E-state index in [1.54, 1.807) is 0 Å². The van der Waals surface area contributed by atoms with E-state index in [0.29, 0.717) is 5.75 Å². The minimum Gasteiger partial charge on any atom is -0.508 e. The normalized spacial score (nSPS) is 13.6. The lowest BCUT2D eigenvalue weighted by Gasteiger charge is -2.21. The number of phenols is 1. The largest absolute Gasteiger partial charge is 0.508 e. The van der Waals surface area contributed by atoms with Crippen molar-refractivity contribution in [2.45, 2.75) is 85.5 Å². The van der Waals surface area contributed by atoms with Crippen molar-refractivity contribution in [3.05, 3.63) is 29.3 Å². The Bertz CT molecular complexity index is 440. The standard InChI is InChI=1S/C21H36O/c1-16(2)9-7-10-17(3)11-8-12-18-13-14-20(22)19(15-18)21(4,5)6/h13-17,22H,7-12H2,1-6H3. The summed E-state index contributed by atoms with van der Waals surface area (Å²) in [5.74, 6) is 2.09. The highest BCUT2D eigenvalue weighted by atomic mass is 16.3. The molecule has 0 aliphatic carbocycles. The number of hydrogen-bond donors (Lipinski definition) is 1. The fraction of sp³-hybridized carbons (Fsp3) is 0.714. The summed E-state index contributed by atoms with van der Waals surface area (Å²) in [5.41, 5.74) is 2.43. The SMILES string of the molecule is CC(C)CCCC(C)CCCc1ccc(O)c(C(C)(C)C)c1. The smallest absolute Gasteiger partial charge is 0.119 e. The summed E-state index contributed by atoms with van der Waals surface area (Å²) in [6.07, 6.45) is 7.77. The van der Waals surface area contributed by atoms with Gasteiger partial charge in [0.05, 0.1) is 0 Å². The van der Waals surface area contributed by atoms with Crippen molar-refractivity contribution in [2.24, 2.45) is 11.8 Å². The van der Waals surface area contributed by atoms with Crippen LogP contribution in [0.15, 0.2) is 18.2 Å². The second-order valence-electron chi connectivity index (χ2n) is 8.42. The molecule has 0 saturated carbocycles. The third-order valence-electron chi connectivity index (χ3n) is 4.51. The first-order valence-electron chi connectivity index (χ1n) is 9.02. The zero-order valence-corrected chi connectivity index (χ0v) is 15.6. The van der Waals surface area contributed by atoms with Gasteiger partial charge >= 0.3 is 0 Å². The predicted octanol–water partition coefficient (Wildman–Crippen LogP) is 6.47. The first-order valence-corrected chi connectivity index (χ1v) is 9.02. The summed E-state index contributed by atoms with van der Waals surface area (Å²) in [6, 6.07) is 6.13. The lowest BCUT2D eigenvalue weighted by Crippen LogP contribution is -2.11. The van der Waals surface area contributed by atoms with E-state index < -0.39 is 0 Å². The van der Waals surface area contributed by atoms with Gasteiger partial charge in [-0.2, -0.15) is 0 Å². The molecule has 0 aromatic heterocycles. The second kappa shape index (κ2) is 8.60. The fourth-order valence-electron chi connectivity index (χ4n) is 3.01. The quantitative estimate of drug-likeness (QED) is 0.583. The van der Waals surface area contributed by atoms with Crippen molar-refractivity contribution < 1.29 is 5.11 Å². The highest BCUT2D eigenvalue weighted by Crippen LogP contribution is 2.31. The van der Waals surface area contributed by atoms with Gasteiger partial charge < -0.3 is 5.11 Å². The number of aryl methyl sites for hydroxylation is 1. The van der Waals surface area contributed by atoms with Crippen LogP contribution in [0.4, 0.5) is 0 Å². The van der Waals surface area contributed by atoms with Gasteiger partial charge in [0.1, 0.15) is 5.75 Å². The maximum Gasteiger partial charge on any atom is 0.119 e. The minimum absolute atomic E-state index is 0.00420. The first kappa shape index (κ1) is 19.1. The van der Waals surface area contributed by atoms with E-state index in [0.717, 1.165) is 23.8 Å². The van der Waals surface area contributed by atoms with Gasteiger partial charge in [-0.05, 0) is 47.3 Å². The maximum absolute atomic E-state index is 10.0.